The number of Topliss-reactive ketones (excluding diaryl/α,β-unsaturated/α-hetero) is 1. The van der Waals surface area contributed by atoms with Gasteiger partial charge in [0, 0.05) is 25.1 Å². The summed E-state index contributed by atoms with van der Waals surface area (Å²) in [6.07, 6.45) is 5.95. The Morgan fingerprint density at radius 2 is 2.12 bits per heavy atom. The molecule has 2 aliphatic rings. The number of aromatic nitrogens is 1. The van der Waals surface area contributed by atoms with Crippen molar-refractivity contribution >= 4 is 17.8 Å². The van der Waals surface area contributed by atoms with Crippen molar-refractivity contribution in [2.24, 2.45) is 0 Å². The Bertz CT molecular complexity index is 898. The average Bonchev–Trinajstić information content (AvgIpc) is 3.25. The maximum atomic E-state index is 12.6. The van der Waals surface area contributed by atoms with Crippen LogP contribution in [0, 0.1) is 6.92 Å². The lowest BCUT2D eigenvalue weighted by Crippen LogP contribution is -2.24. The lowest BCUT2D eigenvalue weighted by Gasteiger charge is -2.11. The predicted octanol–water partition coefficient (Wildman–Crippen LogP) is 3.09. The molecule has 0 spiro atoms. The lowest BCUT2D eigenvalue weighted by molar-refractivity contribution is -0.144. The molecular weight excluding hydrogens is 334 g/mol. The Morgan fingerprint density at radius 1 is 1.31 bits per heavy atom. The van der Waals surface area contributed by atoms with Crippen LogP contribution in [-0.2, 0) is 9.53 Å². The molecule has 132 valence electrons. The molecule has 6 nitrogen and oxygen atoms in total. The number of carbonyl (C=O) groups is 2. The summed E-state index contributed by atoms with van der Waals surface area (Å²) >= 11 is 0. The summed E-state index contributed by atoms with van der Waals surface area (Å²) in [6.45, 7) is 2.36. The first kappa shape index (κ1) is 16.5. The van der Waals surface area contributed by atoms with Crippen molar-refractivity contribution < 1.29 is 23.8 Å². The van der Waals surface area contributed by atoms with Gasteiger partial charge in [-0.1, -0.05) is 0 Å². The number of rotatable bonds is 3. The molecule has 1 atom stereocenters. The van der Waals surface area contributed by atoms with Crippen molar-refractivity contribution in [2.45, 2.75) is 25.9 Å². The van der Waals surface area contributed by atoms with Crippen molar-refractivity contribution in [2.75, 3.05) is 6.61 Å². The Morgan fingerprint density at radius 3 is 2.85 bits per heavy atom. The second-order valence-corrected chi connectivity index (χ2v) is 6.26. The molecule has 0 aliphatic carbocycles. The van der Waals surface area contributed by atoms with Crippen LogP contribution in [0.3, 0.4) is 0 Å². The minimum Gasteiger partial charge on any atom is -0.452 e. The van der Waals surface area contributed by atoms with E-state index in [2.05, 4.69) is 4.98 Å². The normalized spacial score (nSPS) is 20.1. The molecule has 1 unspecified atom stereocenters. The molecule has 2 aromatic rings. The lowest BCUT2D eigenvalue weighted by atomic mass is 10.0. The maximum Gasteiger partial charge on any atom is 0.340 e. The number of hydrogen-bond acceptors (Lipinski definition) is 6. The van der Waals surface area contributed by atoms with E-state index < -0.39 is 12.1 Å². The molecule has 2 aliphatic heterocycles. The number of ether oxygens (including phenoxy) is 3. The maximum absolute atomic E-state index is 12.6. The highest BCUT2D eigenvalue weighted by Gasteiger charge is 2.31. The van der Waals surface area contributed by atoms with Gasteiger partial charge in [-0.15, -0.1) is 0 Å². The molecular formula is C20H17NO5. The smallest absolute Gasteiger partial charge is 0.340 e. The van der Waals surface area contributed by atoms with Crippen LogP contribution in [0.15, 0.2) is 42.4 Å². The van der Waals surface area contributed by atoms with Gasteiger partial charge in [0.15, 0.2) is 11.9 Å². The van der Waals surface area contributed by atoms with Crippen LogP contribution < -0.4 is 9.47 Å². The second kappa shape index (κ2) is 6.72. The summed E-state index contributed by atoms with van der Waals surface area (Å²) in [4.78, 5) is 28.7. The van der Waals surface area contributed by atoms with Gasteiger partial charge < -0.3 is 14.2 Å². The van der Waals surface area contributed by atoms with Crippen LogP contribution in [0.2, 0.25) is 0 Å². The van der Waals surface area contributed by atoms with E-state index in [1.165, 1.54) is 0 Å². The summed E-state index contributed by atoms with van der Waals surface area (Å²) < 4.78 is 16.5. The Labute approximate surface area is 150 Å². The monoisotopic (exact) mass is 351 g/mol. The number of allylic oxidation sites excluding steroid dienone is 1. The molecule has 26 heavy (non-hydrogen) atoms. The third kappa shape index (κ3) is 3.11. The summed E-state index contributed by atoms with van der Waals surface area (Å²) in [5, 5.41) is 0. The third-order valence-electron chi connectivity index (χ3n) is 4.36. The quantitative estimate of drug-likeness (QED) is 0.481. The molecule has 0 saturated carbocycles. The summed E-state index contributed by atoms with van der Waals surface area (Å²) in [7, 11) is 0. The zero-order chi connectivity index (χ0) is 18.1. The number of esters is 1. The fraction of sp³-hybridized carbons (Fsp3) is 0.250. The molecule has 1 aromatic carbocycles. The highest BCUT2D eigenvalue weighted by atomic mass is 16.6. The molecule has 4 rings (SSSR count). The predicted molar refractivity (Wildman–Crippen MR) is 93.0 cm³/mol. The van der Waals surface area contributed by atoms with Crippen molar-refractivity contribution in [3.05, 3.63) is 59.1 Å². The summed E-state index contributed by atoms with van der Waals surface area (Å²) in [5.41, 5.74) is 2.00. The minimum absolute atomic E-state index is 0.189. The van der Waals surface area contributed by atoms with Gasteiger partial charge in [-0.2, -0.15) is 0 Å². The van der Waals surface area contributed by atoms with E-state index in [9.17, 15) is 9.59 Å². The Balaban J connectivity index is 1.59. The van der Waals surface area contributed by atoms with E-state index in [0.717, 1.165) is 12.0 Å². The van der Waals surface area contributed by atoms with Gasteiger partial charge >= 0.3 is 5.97 Å². The summed E-state index contributed by atoms with van der Waals surface area (Å²) in [5.74, 6) is 0.368. The Hall–Kier alpha value is -2.99. The number of hydrogen-bond donors (Lipinski definition) is 0. The first-order valence-corrected chi connectivity index (χ1v) is 8.44. The van der Waals surface area contributed by atoms with Gasteiger partial charge in [0.25, 0.3) is 0 Å². The number of benzene rings is 1. The number of fused-ring (bicyclic) bond motifs is 1. The molecule has 0 amide bonds. The third-order valence-corrected chi connectivity index (χ3v) is 4.36. The van der Waals surface area contributed by atoms with Gasteiger partial charge in [-0.05, 0) is 55.2 Å². The molecule has 0 N–H and O–H groups in total. The summed E-state index contributed by atoms with van der Waals surface area (Å²) in [6, 6.07) is 6.81. The SMILES string of the molecule is Cc1cc(OC(=O)C2CCCO2)cc2c1C(=O)/C(=C/c1ccncc1)O2. The Kier molecular flexibility index (Phi) is 4.26. The highest BCUT2D eigenvalue weighted by Crippen LogP contribution is 2.37. The number of aryl methyl sites for hydroxylation is 1. The molecule has 0 radical (unpaired) electrons. The van der Waals surface area contributed by atoms with E-state index in [4.69, 9.17) is 14.2 Å². The fourth-order valence-corrected chi connectivity index (χ4v) is 3.09. The minimum atomic E-state index is -0.520. The van der Waals surface area contributed by atoms with Crippen LogP contribution in [0.4, 0.5) is 0 Å². The van der Waals surface area contributed by atoms with Crippen LogP contribution in [0.5, 0.6) is 11.5 Å². The van der Waals surface area contributed by atoms with Crippen LogP contribution in [0.1, 0.15) is 34.3 Å². The molecule has 1 aromatic heterocycles. The number of nitrogens with zero attached hydrogens (tertiary/aromatic N) is 1. The molecule has 6 heteroatoms. The molecule has 3 heterocycles. The highest BCUT2D eigenvalue weighted by molar-refractivity contribution is 6.15. The molecule has 1 fully saturated rings. The van der Waals surface area contributed by atoms with Crippen LogP contribution in [0.25, 0.3) is 6.08 Å². The van der Waals surface area contributed by atoms with Gasteiger partial charge in [0.05, 0.1) is 5.56 Å². The molecule has 1 saturated heterocycles. The van der Waals surface area contributed by atoms with Gasteiger partial charge in [-0.3, -0.25) is 9.78 Å². The number of ketones is 1. The largest absolute Gasteiger partial charge is 0.452 e. The first-order valence-electron chi connectivity index (χ1n) is 8.44. The zero-order valence-corrected chi connectivity index (χ0v) is 14.2. The van der Waals surface area contributed by atoms with Gasteiger partial charge in [-0.25, -0.2) is 4.79 Å². The molecule has 0 bridgehead atoms. The van der Waals surface area contributed by atoms with Crippen molar-refractivity contribution in [3.63, 3.8) is 0 Å². The van der Waals surface area contributed by atoms with Crippen molar-refractivity contribution in [3.8, 4) is 11.5 Å². The van der Waals surface area contributed by atoms with E-state index in [-0.39, 0.29) is 11.5 Å². The second-order valence-electron chi connectivity index (χ2n) is 6.26. The van der Waals surface area contributed by atoms with E-state index in [1.807, 2.05) is 0 Å². The number of carbonyl (C=O) groups excluding carboxylic acids is 2. The zero-order valence-electron chi connectivity index (χ0n) is 14.2. The van der Waals surface area contributed by atoms with E-state index in [1.54, 1.807) is 49.7 Å². The number of pyridine rings is 1. The topological polar surface area (TPSA) is 74.7 Å². The van der Waals surface area contributed by atoms with E-state index >= 15 is 0 Å². The van der Waals surface area contributed by atoms with Gasteiger partial charge in [0.2, 0.25) is 5.78 Å². The van der Waals surface area contributed by atoms with Gasteiger partial charge in [0.1, 0.15) is 11.5 Å². The first-order chi connectivity index (χ1) is 12.6. The van der Waals surface area contributed by atoms with Crippen LogP contribution in [-0.4, -0.2) is 29.4 Å². The van der Waals surface area contributed by atoms with E-state index in [0.29, 0.717) is 35.7 Å². The van der Waals surface area contributed by atoms with Crippen LogP contribution >= 0.6 is 0 Å². The fourth-order valence-electron chi connectivity index (χ4n) is 3.09. The van der Waals surface area contributed by atoms with Crippen molar-refractivity contribution in [1.82, 2.24) is 4.98 Å². The standard InChI is InChI=1S/C20H17NO5/c1-12-9-14(25-20(23)15-3-2-8-24-15)11-16-18(12)19(22)17(26-16)10-13-4-6-21-7-5-13/h4-7,9-11,15H,2-3,8H2,1H3/b17-10-. The average molecular weight is 351 g/mol. The van der Waals surface area contributed by atoms with Crippen molar-refractivity contribution in [1.29, 1.82) is 0 Å².